The van der Waals surface area contributed by atoms with Gasteiger partial charge in [0.1, 0.15) is 28.8 Å². The van der Waals surface area contributed by atoms with Crippen LogP contribution in [0.15, 0.2) is 42.7 Å². The van der Waals surface area contributed by atoms with Crippen molar-refractivity contribution in [3.8, 4) is 17.0 Å². The van der Waals surface area contributed by atoms with Crippen LogP contribution in [0.25, 0.3) is 11.3 Å². The van der Waals surface area contributed by atoms with Crippen LogP contribution >= 0.6 is 0 Å². The number of hydrogen-bond acceptors (Lipinski definition) is 7. The molecular weight excluding hydrogens is 554 g/mol. The van der Waals surface area contributed by atoms with Crippen molar-refractivity contribution in [3.05, 3.63) is 71.2 Å². The highest BCUT2D eigenvalue weighted by atomic mass is 19.1. The minimum absolute atomic E-state index is 0.0311. The fourth-order valence-electron chi connectivity index (χ4n) is 6.32. The first-order valence-corrected chi connectivity index (χ1v) is 15.0. The van der Waals surface area contributed by atoms with E-state index in [0.717, 1.165) is 43.7 Å². The van der Waals surface area contributed by atoms with Crippen molar-refractivity contribution in [3.63, 3.8) is 0 Å². The Morgan fingerprint density at radius 3 is 2.67 bits per heavy atom. The van der Waals surface area contributed by atoms with E-state index in [1.54, 1.807) is 18.5 Å². The molecule has 1 saturated carbocycles. The molecule has 3 N–H and O–H groups in total. The summed E-state index contributed by atoms with van der Waals surface area (Å²) in [5.74, 6) is -0.895. The van der Waals surface area contributed by atoms with Gasteiger partial charge in [-0.3, -0.25) is 9.78 Å². The van der Waals surface area contributed by atoms with Crippen LogP contribution in [0.2, 0.25) is 0 Å². The quantitative estimate of drug-likeness (QED) is 0.302. The number of nitrogens with one attached hydrogen (secondary N) is 1. The third kappa shape index (κ3) is 7.03. The van der Waals surface area contributed by atoms with Gasteiger partial charge in [0.15, 0.2) is 0 Å². The van der Waals surface area contributed by atoms with Crippen molar-refractivity contribution in [2.45, 2.75) is 70.6 Å². The third-order valence-electron chi connectivity index (χ3n) is 8.93. The minimum atomic E-state index is -0.780. The molecule has 8 nitrogen and oxygen atoms in total. The second-order valence-corrected chi connectivity index (χ2v) is 11.6. The van der Waals surface area contributed by atoms with Crippen LogP contribution in [-0.4, -0.2) is 48.3 Å². The van der Waals surface area contributed by atoms with Crippen LogP contribution in [0.5, 0.6) is 5.75 Å². The average Bonchev–Trinajstić information content (AvgIpc) is 3.02. The molecule has 2 aromatic heterocycles. The van der Waals surface area contributed by atoms with Gasteiger partial charge < -0.3 is 25.3 Å². The van der Waals surface area contributed by atoms with Gasteiger partial charge in [-0.25, -0.2) is 13.8 Å². The van der Waals surface area contributed by atoms with Gasteiger partial charge in [-0.1, -0.05) is 20.3 Å². The summed E-state index contributed by atoms with van der Waals surface area (Å²) < 4.78 is 47.3. The number of amides is 1. The molecule has 0 radical (unpaired) electrons. The lowest BCUT2D eigenvalue weighted by atomic mass is 9.69. The van der Waals surface area contributed by atoms with Gasteiger partial charge in [0.25, 0.3) is 5.91 Å². The molecule has 1 aliphatic carbocycles. The second-order valence-electron chi connectivity index (χ2n) is 11.6. The van der Waals surface area contributed by atoms with Gasteiger partial charge in [-0.15, -0.1) is 0 Å². The van der Waals surface area contributed by atoms with E-state index in [4.69, 9.17) is 19.9 Å². The molecule has 3 heterocycles. The number of hydrogen-bond donors (Lipinski definition) is 2. The number of anilines is 1. The lowest BCUT2D eigenvalue weighted by Gasteiger charge is -2.39. The number of nitrogens with two attached hydrogens (primary N) is 1. The summed E-state index contributed by atoms with van der Waals surface area (Å²) in [5.41, 5.74) is 8.00. The van der Waals surface area contributed by atoms with Crippen molar-refractivity contribution < 1.29 is 27.8 Å². The fraction of sp³-hybridized carbons (Fsp3) is 0.485. The third-order valence-corrected chi connectivity index (χ3v) is 8.93. The smallest absolute Gasteiger partial charge is 0.274 e. The zero-order valence-electron chi connectivity index (χ0n) is 24.9. The maximum absolute atomic E-state index is 15.5. The first-order valence-electron chi connectivity index (χ1n) is 15.0. The van der Waals surface area contributed by atoms with Crippen molar-refractivity contribution in [2.24, 2.45) is 17.6 Å². The highest BCUT2D eigenvalue weighted by molar-refractivity contribution is 6.03. The maximum atomic E-state index is 15.5. The van der Waals surface area contributed by atoms with E-state index in [2.05, 4.69) is 29.1 Å². The molecule has 3 aromatic rings. The molecule has 1 saturated heterocycles. The van der Waals surface area contributed by atoms with Gasteiger partial charge in [0, 0.05) is 25.5 Å². The topological polar surface area (TPSA) is 109 Å². The van der Waals surface area contributed by atoms with Crippen molar-refractivity contribution in [1.29, 1.82) is 0 Å². The zero-order valence-corrected chi connectivity index (χ0v) is 24.9. The summed E-state index contributed by atoms with van der Waals surface area (Å²) in [7, 11) is 1.38. The van der Waals surface area contributed by atoms with E-state index >= 15 is 8.78 Å². The van der Waals surface area contributed by atoms with Gasteiger partial charge >= 0.3 is 0 Å². The number of aromatic nitrogens is 2. The summed E-state index contributed by atoms with van der Waals surface area (Å²) in [6.45, 7) is 5.81. The SMILES string of the molecule is CC[C@H]1C[C@@H](c2ccncc2NC(=O)c2ccc(F)c(-c3c(F)cc(COC4CCOCC4)cc3OC)n2)C[C@@H](N)[C@H]1C. The predicted molar refractivity (Wildman–Crippen MR) is 160 cm³/mol. The standard InChI is InChI=1S/C33H40F2N4O4/c1-4-21-15-22(16-27(36)19(21)2)24-7-10-37-17-29(24)39-33(40)28-6-5-25(34)32(38-28)31-26(35)13-20(14-30(31)41-3)18-43-23-8-11-42-12-9-23/h5-7,10,13-14,17,19,21-23,27H,4,8-9,11-12,15-16,18,36H2,1-3H3,(H,39,40)/t19-,21-,22+,27+/m0/s1. The van der Waals surface area contributed by atoms with Gasteiger partial charge in [0.2, 0.25) is 0 Å². The van der Waals surface area contributed by atoms with Crippen LogP contribution in [0.1, 0.15) is 73.5 Å². The Hall–Kier alpha value is -3.47. The Balaban J connectivity index is 1.37. The summed E-state index contributed by atoms with van der Waals surface area (Å²) in [5, 5.41) is 2.90. The van der Waals surface area contributed by atoms with E-state index in [1.165, 1.54) is 19.2 Å². The Kier molecular flexibility index (Phi) is 10.00. The maximum Gasteiger partial charge on any atom is 0.274 e. The molecule has 4 atom stereocenters. The molecule has 1 amide bonds. The van der Waals surface area contributed by atoms with Crippen molar-refractivity contribution in [1.82, 2.24) is 9.97 Å². The Morgan fingerprint density at radius 1 is 1.14 bits per heavy atom. The normalized spacial score (nSPS) is 22.7. The largest absolute Gasteiger partial charge is 0.496 e. The molecule has 0 bridgehead atoms. The molecule has 2 fully saturated rings. The Morgan fingerprint density at radius 2 is 1.93 bits per heavy atom. The van der Waals surface area contributed by atoms with E-state index in [1.807, 2.05) is 6.07 Å². The molecule has 0 unspecified atom stereocenters. The average molecular weight is 595 g/mol. The number of benzene rings is 1. The minimum Gasteiger partial charge on any atom is -0.496 e. The van der Waals surface area contributed by atoms with Crippen molar-refractivity contribution >= 4 is 11.6 Å². The lowest BCUT2D eigenvalue weighted by molar-refractivity contribution is -0.0391. The van der Waals surface area contributed by atoms with Crippen LogP contribution in [0.4, 0.5) is 14.5 Å². The highest BCUT2D eigenvalue weighted by Crippen LogP contribution is 2.42. The molecule has 1 aliphatic heterocycles. The number of halogens is 2. The number of pyridine rings is 2. The van der Waals surface area contributed by atoms with E-state index in [0.29, 0.717) is 36.3 Å². The summed E-state index contributed by atoms with van der Waals surface area (Å²) in [6.07, 6.45) is 7.69. The lowest BCUT2D eigenvalue weighted by Crippen LogP contribution is -2.39. The first-order chi connectivity index (χ1) is 20.8. The summed E-state index contributed by atoms with van der Waals surface area (Å²) in [4.78, 5) is 21.9. The highest BCUT2D eigenvalue weighted by Gasteiger charge is 2.34. The monoisotopic (exact) mass is 594 g/mol. The summed E-state index contributed by atoms with van der Waals surface area (Å²) in [6, 6.07) is 7.24. The van der Waals surface area contributed by atoms with E-state index < -0.39 is 17.5 Å². The zero-order chi connectivity index (χ0) is 30.5. The van der Waals surface area contributed by atoms with Crippen molar-refractivity contribution in [2.75, 3.05) is 25.6 Å². The molecular formula is C33H40F2N4O4. The molecule has 0 spiro atoms. The number of carbonyl (C=O) groups excluding carboxylic acids is 1. The van der Waals surface area contributed by atoms with Crippen LogP contribution in [-0.2, 0) is 16.1 Å². The number of nitrogens with zero attached hydrogens (tertiary/aromatic N) is 2. The first kappa shape index (κ1) is 31.0. The molecule has 1 aromatic carbocycles. The van der Waals surface area contributed by atoms with Crippen LogP contribution in [0, 0.1) is 23.5 Å². The van der Waals surface area contributed by atoms with E-state index in [-0.39, 0.29) is 47.4 Å². The van der Waals surface area contributed by atoms with Crippen LogP contribution < -0.4 is 15.8 Å². The number of methoxy groups -OCH3 is 1. The molecule has 230 valence electrons. The second kappa shape index (κ2) is 13.9. The predicted octanol–water partition coefficient (Wildman–Crippen LogP) is 6.25. The Labute approximate surface area is 251 Å². The molecule has 43 heavy (non-hydrogen) atoms. The molecule has 2 aliphatic rings. The summed E-state index contributed by atoms with van der Waals surface area (Å²) >= 11 is 0. The number of carbonyl (C=O) groups is 1. The Bertz CT molecular complexity index is 1430. The number of rotatable bonds is 9. The van der Waals surface area contributed by atoms with Crippen LogP contribution in [0.3, 0.4) is 0 Å². The number of ether oxygens (including phenoxy) is 3. The van der Waals surface area contributed by atoms with Gasteiger partial charge in [-0.2, -0.15) is 0 Å². The van der Waals surface area contributed by atoms with Gasteiger partial charge in [-0.05, 0) is 84.9 Å². The van der Waals surface area contributed by atoms with Gasteiger partial charge in [0.05, 0.1) is 37.3 Å². The van der Waals surface area contributed by atoms with E-state index in [9.17, 15) is 4.79 Å². The molecule has 5 rings (SSSR count). The fourth-order valence-corrected chi connectivity index (χ4v) is 6.32. The molecule has 10 heteroatoms.